The van der Waals surface area contributed by atoms with Crippen molar-refractivity contribution in [1.82, 2.24) is 4.90 Å². The number of hydrogen-bond donors (Lipinski definition) is 1. The van der Waals surface area contributed by atoms with Crippen molar-refractivity contribution in [3.8, 4) is 5.75 Å². The number of amides is 1. The number of anilines is 1. The van der Waals surface area contributed by atoms with Crippen molar-refractivity contribution in [3.63, 3.8) is 0 Å². The number of rotatable bonds is 3. The van der Waals surface area contributed by atoms with Gasteiger partial charge in [-0.1, -0.05) is 0 Å². The number of likely N-dealkylation sites (N-methyl/N-ethyl adjacent to an activating group) is 1. The van der Waals surface area contributed by atoms with Gasteiger partial charge in [0.15, 0.2) is 6.10 Å². The second kappa shape index (κ2) is 5.38. The van der Waals surface area contributed by atoms with Crippen LogP contribution in [0, 0.1) is 0 Å². The maximum atomic E-state index is 12.4. The summed E-state index contributed by atoms with van der Waals surface area (Å²) in [6.45, 7) is 1.50. The minimum absolute atomic E-state index is 0.0516. The highest BCUT2D eigenvalue weighted by Gasteiger charge is 2.31. The van der Waals surface area contributed by atoms with E-state index in [-0.39, 0.29) is 17.3 Å². The fourth-order valence-electron chi connectivity index (χ4n) is 1.44. The largest absolute Gasteiger partial charge is 0.479 e. The maximum absolute atomic E-state index is 12.4. The minimum atomic E-state index is -4.46. The first kappa shape index (κ1) is 15.1. The number of halogens is 3. The smallest absolute Gasteiger partial charge is 0.416 e. The molecule has 0 heterocycles. The van der Waals surface area contributed by atoms with Gasteiger partial charge in [-0.05, 0) is 25.1 Å². The van der Waals surface area contributed by atoms with Crippen LogP contribution in [0.1, 0.15) is 12.5 Å². The van der Waals surface area contributed by atoms with Crippen molar-refractivity contribution in [3.05, 3.63) is 23.8 Å². The molecule has 1 aromatic carbocycles. The number of carbonyl (C=O) groups is 1. The van der Waals surface area contributed by atoms with Gasteiger partial charge in [0.1, 0.15) is 5.75 Å². The molecule has 0 aliphatic carbocycles. The molecule has 19 heavy (non-hydrogen) atoms. The summed E-state index contributed by atoms with van der Waals surface area (Å²) in [5.41, 5.74) is 4.48. The molecule has 0 radical (unpaired) electrons. The highest BCUT2D eigenvalue weighted by atomic mass is 19.4. The molecule has 2 N–H and O–H groups in total. The molecule has 1 unspecified atom stereocenters. The summed E-state index contributed by atoms with van der Waals surface area (Å²) in [4.78, 5) is 12.9. The summed E-state index contributed by atoms with van der Waals surface area (Å²) in [7, 11) is 3.11. The molecule has 0 aliphatic rings. The number of carbonyl (C=O) groups excluding carboxylic acids is 1. The predicted molar refractivity (Wildman–Crippen MR) is 64.6 cm³/mol. The van der Waals surface area contributed by atoms with Crippen LogP contribution in [0.4, 0.5) is 18.9 Å². The topological polar surface area (TPSA) is 55.6 Å². The number of nitrogens with two attached hydrogens (primary N) is 1. The SMILES string of the molecule is CC(Oc1ccc(C(F)(F)F)cc1N)C(=O)N(C)C. The molecule has 0 spiro atoms. The Bertz CT molecular complexity index is 473. The van der Waals surface area contributed by atoms with Gasteiger partial charge in [0.2, 0.25) is 0 Å². The van der Waals surface area contributed by atoms with Crippen LogP contribution < -0.4 is 10.5 Å². The maximum Gasteiger partial charge on any atom is 0.416 e. The van der Waals surface area contributed by atoms with Gasteiger partial charge in [-0.15, -0.1) is 0 Å². The highest BCUT2D eigenvalue weighted by molar-refractivity contribution is 5.80. The Balaban J connectivity index is 2.90. The van der Waals surface area contributed by atoms with Crippen LogP contribution in [0.2, 0.25) is 0 Å². The quantitative estimate of drug-likeness (QED) is 0.861. The number of alkyl halides is 3. The molecule has 0 fully saturated rings. The average Bonchev–Trinajstić information content (AvgIpc) is 2.29. The third-order valence-electron chi connectivity index (χ3n) is 2.43. The van der Waals surface area contributed by atoms with E-state index in [9.17, 15) is 18.0 Å². The minimum Gasteiger partial charge on any atom is -0.479 e. The van der Waals surface area contributed by atoms with E-state index < -0.39 is 17.8 Å². The first-order chi connectivity index (χ1) is 8.62. The molecule has 0 bridgehead atoms. The van der Waals surface area contributed by atoms with Gasteiger partial charge >= 0.3 is 6.18 Å². The molecular formula is C12H15F3N2O2. The van der Waals surface area contributed by atoms with Gasteiger partial charge in [0, 0.05) is 14.1 Å². The van der Waals surface area contributed by atoms with Crippen LogP contribution in [0.25, 0.3) is 0 Å². The van der Waals surface area contributed by atoms with Crippen LogP contribution in [0.15, 0.2) is 18.2 Å². The van der Waals surface area contributed by atoms with Gasteiger partial charge < -0.3 is 15.4 Å². The fourth-order valence-corrected chi connectivity index (χ4v) is 1.44. The molecule has 0 saturated carbocycles. The number of ether oxygens (including phenoxy) is 1. The van der Waals surface area contributed by atoms with Crippen LogP contribution >= 0.6 is 0 Å². The summed E-state index contributed by atoms with van der Waals surface area (Å²) < 4.78 is 42.6. The van der Waals surface area contributed by atoms with Gasteiger partial charge in [-0.2, -0.15) is 13.2 Å². The van der Waals surface area contributed by atoms with Crippen molar-refractivity contribution in [2.75, 3.05) is 19.8 Å². The lowest BCUT2D eigenvalue weighted by Gasteiger charge is -2.19. The normalized spacial score (nSPS) is 12.9. The van der Waals surface area contributed by atoms with E-state index in [0.717, 1.165) is 18.2 Å². The Hall–Kier alpha value is -1.92. The van der Waals surface area contributed by atoms with Gasteiger partial charge in [-0.3, -0.25) is 4.79 Å². The van der Waals surface area contributed by atoms with Gasteiger partial charge in [-0.25, -0.2) is 0 Å². The summed E-state index contributed by atoms with van der Waals surface area (Å²) >= 11 is 0. The summed E-state index contributed by atoms with van der Waals surface area (Å²) in [6, 6.07) is 2.75. The highest BCUT2D eigenvalue weighted by Crippen LogP contribution is 2.33. The van der Waals surface area contributed by atoms with Crippen LogP contribution in [0.3, 0.4) is 0 Å². The molecule has 0 aromatic heterocycles. The Morgan fingerprint density at radius 3 is 2.37 bits per heavy atom. The molecule has 0 aliphatic heterocycles. The van der Waals surface area contributed by atoms with E-state index >= 15 is 0 Å². The van der Waals surface area contributed by atoms with Crippen molar-refractivity contribution >= 4 is 11.6 Å². The summed E-state index contributed by atoms with van der Waals surface area (Å²) in [5.74, 6) is -0.255. The fraction of sp³-hybridized carbons (Fsp3) is 0.417. The van der Waals surface area contributed by atoms with Gasteiger partial charge in [0.25, 0.3) is 5.91 Å². The third-order valence-corrected chi connectivity index (χ3v) is 2.43. The lowest BCUT2D eigenvalue weighted by atomic mass is 10.2. The van der Waals surface area contributed by atoms with E-state index in [1.165, 1.54) is 11.8 Å². The van der Waals surface area contributed by atoms with Crippen LogP contribution in [0.5, 0.6) is 5.75 Å². The van der Waals surface area contributed by atoms with E-state index in [1.807, 2.05) is 0 Å². The monoisotopic (exact) mass is 276 g/mol. The second-order valence-electron chi connectivity index (χ2n) is 4.24. The Morgan fingerprint density at radius 1 is 1.37 bits per heavy atom. The second-order valence-corrected chi connectivity index (χ2v) is 4.24. The summed E-state index contributed by atoms with van der Waals surface area (Å²) in [5, 5.41) is 0. The number of hydrogen-bond acceptors (Lipinski definition) is 3. The number of nitrogen functional groups attached to an aromatic ring is 1. The number of benzene rings is 1. The summed E-state index contributed by atoms with van der Waals surface area (Å²) in [6.07, 6.45) is -5.29. The molecule has 7 heteroatoms. The third kappa shape index (κ3) is 3.77. The van der Waals surface area contributed by atoms with E-state index in [1.54, 1.807) is 14.1 Å². The van der Waals surface area contributed by atoms with E-state index in [0.29, 0.717) is 0 Å². The van der Waals surface area contributed by atoms with Crippen LogP contribution in [-0.4, -0.2) is 31.0 Å². The van der Waals surface area contributed by atoms with E-state index in [4.69, 9.17) is 10.5 Å². The average molecular weight is 276 g/mol. The molecule has 4 nitrogen and oxygen atoms in total. The van der Waals surface area contributed by atoms with Gasteiger partial charge in [0.05, 0.1) is 11.3 Å². The lowest BCUT2D eigenvalue weighted by Crippen LogP contribution is -2.35. The molecular weight excluding hydrogens is 261 g/mol. The molecule has 0 saturated heterocycles. The van der Waals surface area contributed by atoms with E-state index in [2.05, 4.69) is 0 Å². The Morgan fingerprint density at radius 2 is 1.95 bits per heavy atom. The number of nitrogens with zero attached hydrogens (tertiary/aromatic N) is 1. The first-order valence-electron chi connectivity index (χ1n) is 5.47. The Labute approximate surface area is 108 Å². The van der Waals surface area contributed by atoms with Crippen molar-refractivity contribution < 1.29 is 22.7 Å². The predicted octanol–water partition coefficient (Wildman–Crippen LogP) is 2.14. The zero-order valence-corrected chi connectivity index (χ0v) is 10.8. The zero-order chi connectivity index (χ0) is 14.8. The van der Waals surface area contributed by atoms with Crippen molar-refractivity contribution in [1.29, 1.82) is 0 Å². The van der Waals surface area contributed by atoms with Crippen molar-refractivity contribution in [2.45, 2.75) is 19.2 Å². The molecule has 1 atom stereocenters. The zero-order valence-electron chi connectivity index (χ0n) is 10.8. The van der Waals surface area contributed by atoms with Crippen molar-refractivity contribution in [2.24, 2.45) is 0 Å². The molecule has 1 rings (SSSR count). The molecule has 1 amide bonds. The first-order valence-corrected chi connectivity index (χ1v) is 5.47. The lowest BCUT2D eigenvalue weighted by molar-refractivity contribution is -0.138. The van der Waals surface area contributed by atoms with Crippen LogP contribution in [-0.2, 0) is 11.0 Å². The molecule has 1 aromatic rings. The molecule has 106 valence electrons. The Kier molecular flexibility index (Phi) is 4.28. The standard InChI is InChI=1S/C12H15F3N2O2/c1-7(11(18)17(2)3)19-10-5-4-8(6-9(10)16)12(13,14)15/h4-7H,16H2,1-3H3.